The van der Waals surface area contributed by atoms with Crippen LogP contribution in [-0.2, 0) is 6.61 Å². The Morgan fingerprint density at radius 1 is 1.50 bits per heavy atom. The molecule has 0 aliphatic rings. The van der Waals surface area contributed by atoms with Gasteiger partial charge in [0.05, 0.1) is 15.2 Å². The highest BCUT2D eigenvalue weighted by molar-refractivity contribution is 9.10. The third-order valence-corrected chi connectivity index (χ3v) is 3.27. The van der Waals surface area contributed by atoms with Crippen LogP contribution in [0.5, 0.6) is 5.75 Å². The van der Waals surface area contributed by atoms with Gasteiger partial charge in [0.15, 0.2) is 0 Å². The molecule has 20 heavy (non-hydrogen) atoms. The largest absolute Gasteiger partial charge is 0.486 e. The van der Waals surface area contributed by atoms with E-state index in [0.717, 1.165) is 6.07 Å². The van der Waals surface area contributed by atoms with Crippen molar-refractivity contribution in [3.05, 3.63) is 51.2 Å². The summed E-state index contributed by atoms with van der Waals surface area (Å²) in [5.41, 5.74) is 0.118. The summed E-state index contributed by atoms with van der Waals surface area (Å²) in [7, 11) is 0. The normalized spacial score (nSPS) is 10.3. The molecule has 0 saturated carbocycles. The van der Waals surface area contributed by atoms with Crippen LogP contribution in [0.3, 0.4) is 0 Å². The number of carbonyl (C=O) groups is 1. The van der Waals surface area contributed by atoms with Gasteiger partial charge in [-0.1, -0.05) is 11.6 Å². The van der Waals surface area contributed by atoms with E-state index in [-0.39, 0.29) is 28.6 Å². The van der Waals surface area contributed by atoms with Crippen LogP contribution in [-0.4, -0.2) is 21.0 Å². The van der Waals surface area contributed by atoms with Crippen molar-refractivity contribution in [2.45, 2.75) is 6.61 Å². The number of aromatic nitrogens is 2. The van der Waals surface area contributed by atoms with E-state index in [9.17, 15) is 9.18 Å². The summed E-state index contributed by atoms with van der Waals surface area (Å²) in [6, 6.07) is 2.46. The van der Waals surface area contributed by atoms with E-state index in [2.05, 4.69) is 25.9 Å². The second-order valence-electron chi connectivity index (χ2n) is 3.67. The third-order valence-electron chi connectivity index (χ3n) is 2.36. The van der Waals surface area contributed by atoms with Crippen LogP contribution in [0.15, 0.2) is 29.1 Å². The summed E-state index contributed by atoms with van der Waals surface area (Å²) in [4.78, 5) is 18.4. The molecule has 0 aliphatic carbocycles. The number of carboxylic acids is 1. The molecule has 0 unspecified atom stereocenters. The van der Waals surface area contributed by atoms with Crippen molar-refractivity contribution in [2.75, 3.05) is 0 Å². The minimum atomic E-state index is -1.16. The van der Waals surface area contributed by atoms with Crippen LogP contribution >= 0.6 is 27.5 Å². The average molecular weight is 362 g/mol. The van der Waals surface area contributed by atoms with Crippen LogP contribution < -0.4 is 4.74 Å². The molecule has 1 N–H and O–H groups in total. The Labute approximate surface area is 126 Å². The molecule has 0 atom stereocenters. The zero-order valence-electron chi connectivity index (χ0n) is 9.81. The standard InChI is InChI=1S/C12H7BrClFN2O3/c13-7-1-8(14)9(15)2-11(7)20-4-10-6(12(18)19)3-16-5-17-10/h1-3,5H,4H2,(H,18,19). The number of hydrogen-bond donors (Lipinski definition) is 1. The number of ether oxygens (including phenoxy) is 1. The fourth-order valence-electron chi connectivity index (χ4n) is 1.41. The quantitative estimate of drug-likeness (QED) is 0.846. The molecule has 2 aromatic rings. The molecule has 104 valence electrons. The molecular weight excluding hydrogens is 354 g/mol. The van der Waals surface area contributed by atoms with Crippen LogP contribution in [0, 0.1) is 5.82 Å². The summed E-state index contributed by atoms with van der Waals surface area (Å²) in [6.45, 7) is -0.135. The number of aromatic carboxylic acids is 1. The van der Waals surface area contributed by atoms with E-state index in [1.54, 1.807) is 0 Å². The number of benzene rings is 1. The van der Waals surface area contributed by atoms with Gasteiger partial charge in [-0.15, -0.1) is 0 Å². The molecule has 0 aliphatic heterocycles. The van der Waals surface area contributed by atoms with Crippen molar-refractivity contribution in [1.29, 1.82) is 0 Å². The average Bonchev–Trinajstić information content (AvgIpc) is 2.41. The van der Waals surface area contributed by atoms with Crippen molar-refractivity contribution in [3.8, 4) is 5.75 Å². The fourth-order valence-corrected chi connectivity index (χ4v) is 2.16. The van der Waals surface area contributed by atoms with E-state index < -0.39 is 11.8 Å². The molecule has 1 aromatic heterocycles. The maximum absolute atomic E-state index is 13.3. The lowest BCUT2D eigenvalue weighted by molar-refractivity contribution is 0.0692. The van der Waals surface area contributed by atoms with E-state index in [4.69, 9.17) is 21.4 Å². The number of halogens is 3. The van der Waals surface area contributed by atoms with Gasteiger partial charge in [0.2, 0.25) is 0 Å². The molecule has 1 heterocycles. The van der Waals surface area contributed by atoms with Crippen LogP contribution in [0.2, 0.25) is 5.02 Å². The van der Waals surface area contributed by atoms with E-state index in [0.29, 0.717) is 4.47 Å². The Morgan fingerprint density at radius 3 is 2.95 bits per heavy atom. The summed E-state index contributed by atoms with van der Waals surface area (Å²) >= 11 is 8.79. The summed E-state index contributed by atoms with van der Waals surface area (Å²) in [5.74, 6) is -1.60. The molecule has 2 rings (SSSR count). The van der Waals surface area contributed by atoms with Gasteiger partial charge in [0.1, 0.15) is 30.1 Å². The van der Waals surface area contributed by atoms with E-state index >= 15 is 0 Å². The van der Waals surface area contributed by atoms with Crippen molar-refractivity contribution in [2.24, 2.45) is 0 Å². The Kier molecular flexibility index (Phi) is 4.51. The Balaban J connectivity index is 2.21. The van der Waals surface area contributed by atoms with Gasteiger partial charge in [-0.05, 0) is 22.0 Å². The summed E-state index contributed by atoms with van der Waals surface area (Å²) < 4.78 is 19.1. The van der Waals surface area contributed by atoms with Crippen LogP contribution in [0.4, 0.5) is 4.39 Å². The Morgan fingerprint density at radius 2 is 2.25 bits per heavy atom. The maximum atomic E-state index is 13.3. The third kappa shape index (κ3) is 3.23. The predicted octanol–water partition coefficient (Wildman–Crippen LogP) is 3.31. The molecule has 8 heteroatoms. The van der Waals surface area contributed by atoms with Gasteiger partial charge in [-0.2, -0.15) is 0 Å². The topological polar surface area (TPSA) is 72.3 Å². The van der Waals surface area contributed by atoms with Gasteiger partial charge >= 0.3 is 5.97 Å². The Bertz CT molecular complexity index is 669. The number of hydrogen-bond acceptors (Lipinski definition) is 4. The number of carboxylic acid groups (broad SMARTS) is 1. The molecule has 0 amide bonds. The van der Waals surface area contributed by atoms with E-state index in [1.807, 2.05) is 0 Å². The zero-order chi connectivity index (χ0) is 14.7. The lowest BCUT2D eigenvalue weighted by Gasteiger charge is -2.09. The minimum Gasteiger partial charge on any atom is -0.486 e. The number of rotatable bonds is 4. The number of nitrogens with zero attached hydrogens (tertiary/aromatic N) is 2. The SMILES string of the molecule is O=C(O)c1cncnc1COc1cc(F)c(Cl)cc1Br. The second-order valence-corrected chi connectivity index (χ2v) is 4.94. The van der Waals surface area contributed by atoms with Gasteiger partial charge in [0, 0.05) is 12.3 Å². The van der Waals surface area contributed by atoms with Crippen LogP contribution in [0.1, 0.15) is 16.1 Å². The first-order chi connectivity index (χ1) is 9.49. The molecule has 5 nitrogen and oxygen atoms in total. The monoisotopic (exact) mass is 360 g/mol. The highest BCUT2D eigenvalue weighted by Gasteiger charge is 2.13. The van der Waals surface area contributed by atoms with Gasteiger partial charge in [0.25, 0.3) is 0 Å². The molecule has 0 spiro atoms. The van der Waals surface area contributed by atoms with Crippen LogP contribution in [0.25, 0.3) is 0 Å². The Hall–Kier alpha value is -1.73. The molecule has 0 saturated heterocycles. The molecule has 0 fully saturated rings. The van der Waals surface area contributed by atoms with E-state index in [1.165, 1.54) is 18.6 Å². The van der Waals surface area contributed by atoms with Crippen molar-refractivity contribution in [3.63, 3.8) is 0 Å². The highest BCUT2D eigenvalue weighted by Crippen LogP contribution is 2.31. The molecular formula is C12H7BrClFN2O3. The lowest BCUT2D eigenvalue weighted by atomic mass is 10.2. The lowest BCUT2D eigenvalue weighted by Crippen LogP contribution is -2.08. The first-order valence-electron chi connectivity index (χ1n) is 5.28. The molecule has 0 radical (unpaired) electrons. The first kappa shape index (κ1) is 14.7. The van der Waals surface area contributed by atoms with Gasteiger partial charge in [-0.25, -0.2) is 19.2 Å². The summed E-state index contributed by atoms with van der Waals surface area (Å²) in [5, 5.41) is 8.93. The first-order valence-corrected chi connectivity index (χ1v) is 6.45. The van der Waals surface area contributed by atoms with Gasteiger partial charge in [-0.3, -0.25) is 0 Å². The molecule has 1 aromatic carbocycles. The maximum Gasteiger partial charge on any atom is 0.339 e. The second kappa shape index (κ2) is 6.15. The van der Waals surface area contributed by atoms with Crippen molar-refractivity contribution >= 4 is 33.5 Å². The molecule has 0 bridgehead atoms. The van der Waals surface area contributed by atoms with Gasteiger partial charge < -0.3 is 9.84 Å². The van der Waals surface area contributed by atoms with Crippen molar-refractivity contribution in [1.82, 2.24) is 9.97 Å². The van der Waals surface area contributed by atoms with Crippen molar-refractivity contribution < 1.29 is 19.0 Å². The minimum absolute atomic E-state index is 0.0440. The highest BCUT2D eigenvalue weighted by atomic mass is 79.9. The fraction of sp³-hybridized carbons (Fsp3) is 0.0833. The smallest absolute Gasteiger partial charge is 0.339 e. The summed E-state index contributed by atoms with van der Waals surface area (Å²) in [6.07, 6.45) is 2.38. The predicted molar refractivity (Wildman–Crippen MR) is 72.4 cm³/mol. The zero-order valence-corrected chi connectivity index (χ0v) is 12.2.